The third-order valence-electron chi connectivity index (χ3n) is 4.78. The van der Waals surface area contributed by atoms with Crippen molar-refractivity contribution in [2.45, 2.75) is 52.2 Å². The SMILES string of the molecule is CC1=CCCC(C)(C)C1CC1C(C)=CCS1(=O)=O. The Kier molecular flexibility index (Phi) is 3.48. The van der Waals surface area contributed by atoms with E-state index < -0.39 is 9.84 Å². The summed E-state index contributed by atoms with van der Waals surface area (Å²) in [6, 6.07) is 0. The van der Waals surface area contributed by atoms with E-state index in [2.05, 4.69) is 26.8 Å². The van der Waals surface area contributed by atoms with Gasteiger partial charge < -0.3 is 0 Å². The molecule has 102 valence electrons. The van der Waals surface area contributed by atoms with Crippen molar-refractivity contribution >= 4 is 9.84 Å². The van der Waals surface area contributed by atoms with Crippen LogP contribution < -0.4 is 0 Å². The average Bonchev–Trinajstić information content (AvgIpc) is 2.48. The Hall–Kier alpha value is -0.570. The van der Waals surface area contributed by atoms with Crippen molar-refractivity contribution < 1.29 is 8.42 Å². The summed E-state index contributed by atoms with van der Waals surface area (Å²) in [5.41, 5.74) is 2.64. The zero-order valence-corrected chi connectivity index (χ0v) is 12.7. The van der Waals surface area contributed by atoms with E-state index in [9.17, 15) is 8.42 Å². The second-order valence-corrected chi connectivity index (χ2v) is 8.76. The molecule has 2 aliphatic rings. The maximum atomic E-state index is 12.1. The third kappa shape index (κ3) is 2.42. The molecule has 3 heteroatoms. The second kappa shape index (κ2) is 4.52. The predicted molar refractivity (Wildman–Crippen MR) is 76.2 cm³/mol. The van der Waals surface area contributed by atoms with Gasteiger partial charge in [0.05, 0.1) is 11.0 Å². The lowest BCUT2D eigenvalue weighted by Crippen LogP contribution is -2.33. The van der Waals surface area contributed by atoms with Gasteiger partial charge in [-0.15, -0.1) is 0 Å². The monoisotopic (exact) mass is 268 g/mol. The summed E-state index contributed by atoms with van der Waals surface area (Å²) in [6.45, 7) is 8.67. The van der Waals surface area contributed by atoms with E-state index in [1.54, 1.807) is 0 Å². The van der Waals surface area contributed by atoms with Crippen LogP contribution in [0.3, 0.4) is 0 Å². The second-order valence-electron chi connectivity index (χ2n) is 6.53. The summed E-state index contributed by atoms with van der Waals surface area (Å²) < 4.78 is 24.2. The molecule has 1 heterocycles. The average molecular weight is 268 g/mol. The van der Waals surface area contributed by atoms with Crippen molar-refractivity contribution in [1.29, 1.82) is 0 Å². The molecule has 0 radical (unpaired) electrons. The topological polar surface area (TPSA) is 34.1 Å². The first-order valence-corrected chi connectivity index (χ1v) is 8.50. The zero-order chi connectivity index (χ0) is 13.6. The minimum Gasteiger partial charge on any atom is -0.228 e. The van der Waals surface area contributed by atoms with Crippen LogP contribution in [-0.4, -0.2) is 19.4 Å². The summed E-state index contributed by atoms with van der Waals surface area (Å²) >= 11 is 0. The number of hydrogen-bond donors (Lipinski definition) is 0. The van der Waals surface area contributed by atoms with E-state index in [0.717, 1.165) is 24.8 Å². The minimum absolute atomic E-state index is 0.219. The van der Waals surface area contributed by atoms with Crippen molar-refractivity contribution in [3.05, 3.63) is 23.3 Å². The van der Waals surface area contributed by atoms with Gasteiger partial charge in [-0.25, -0.2) is 8.42 Å². The summed E-state index contributed by atoms with van der Waals surface area (Å²) in [5, 5.41) is -0.247. The summed E-state index contributed by atoms with van der Waals surface area (Å²) in [7, 11) is -2.93. The molecule has 0 aromatic rings. The fraction of sp³-hybridized carbons (Fsp3) is 0.733. The standard InChI is InChI=1S/C15H24O2S/c1-11-6-5-8-15(3,4)13(11)10-14-12(2)7-9-18(14,16)17/h6-7,13-14H,5,8-10H2,1-4H3. The maximum Gasteiger partial charge on any atom is 0.160 e. The van der Waals surface area contributed by atoms with Gasteiger partial charge in [0.25, 0.3) is 0 Å². The molecular weight excluding hydrogens is 244 g/mol. The van der Waals surface area contributed by atoms with Gasteiger partial charge in [-0.2, -0.15) is 0 Å². The van der Waals surface area contributed by atoms with Crippen molar-refractivity contribution in [2.75, 3.05) is 5.75 Å². The molecule has 1 aliphatic carbocycles. The predicted octanol–water partition coefficient (Wildman–Crippen LogP) is 3.50. The maximum absolute atomic E-state index is 12.1. The Balaban J connectivity index is 2.25. The molecule has 2 rings (SSSR count). The molecule has 0 saturated heterocycles. The van der Waals surface area contributed by atoms with E-state index in [-0.39, 0.29) is 16.4 Å². The molecule has 0 spiro atoms. The highest BCUT2D eigenvalue weighted by atomic mass is 32.2. The lowest BCUT2D eigenvalue weighted by Gasteiger charge is -2.40. The Morgan fingerprint density at radius 1 is 1.22 bits per heavy atom. The molecule has 2 atom stereocenters. The molecule has 0 saturated carbocycles. The van der Waals surface area contributed by atoms with Gasteiger partial charge in [-0.1, -0.05) is 37.1 Å². The molecule has 0 amide bonds. The van der Waals surface area contributed by atoms with Crippen LogP contribution >= 0.6 is 0 Å². The van der Waals surface area contributed by atoms with Crippen LogP contribution in [0, 0.1) is 11.3 Å². The summed E-state index contributed by atoms with van der Waals surface area (Å²) in [5.74, 6) is 0.631. The largest absolute Gasteiger partial charge is 0.228 e. The minimum atomic E-state index is -2.93. The van der Waals surface area contributed by atoms with Crippen LogP contribution in [0.15, 0.2) is 23.3 Å². The highest BCUT2D eigenvalue weighted by Gasteiger charge is 2.39. The van der Waals surface area contributed by atoms with Crippen molar-refractivity contribution in [2.24, 2.45) is 11.3 Å². The number of hydrogen-bond acceptors (Lipinski definition) is 2. The van der Waals surface area contributed by atoms with E-state index >= 15 is 0 Å². The Morgan fingerprint density at radius 2 is 1.89 bits per heavy atom. The number of sulfone groups is 1. The molecule has 1 aliphatic heterocycles. The Labute approximate surface area is 111 Å². The molecule has 2 unspecified atom stereocenters. The lowest BCUT2D eigenvalue weighted by molar-refractivity contribution is 0.205. The third-order valence-corrected chi connectivity index (χ3v) is 6.84. The van der Waals surface area contributed by atoms with Gasteiger partial charge in [0.15, 0.2) is 9.84 Å². The number of allylic oxidation sites excluding steroid dienone is 2. The Morgan fingerprint density at radius 3 is 2.39 bits per heavy atom. The van der Waals surface area contributed by atoms with Crippen molar-refractivity contribution in [3.63, 3.8) is 0 Å². The smallest absolute Gasteiger partial charge is 0.160 e. The van der Waals surface area contributed by atoms with E-state index in [1.807, 2.05) is 13.0 Å². The van der Waals surface area contributed by atoms with E-state index in [4.69, 9.17) is 0 Å². The van der Waals surface area contributed by atoms with Crippen molar-refractivity contribution in [1.82, 2.24) is 0 Å². The van der Waals surface area contributed by atoms with Gasteiger partial charge in [0.1, 0.15) is 0 Å². The molecule has 18 heavy (non-hydrogen) atoms. The lowest BCUT2D eigenvalue weighted by atomic mass is 9.67. The van der Waals surface area contributed by atoms with Gasteiger partial charge >= 0.3 is 0 Å². The molecule has 0 aromatic carbocycles. The first-order chi connectivity index (χ1) is 8.24. The van der Waals surface area contributed by atoms with E-state index in [0.29, 0.717) is 5.92 Å². The zero-order valence-electron chi connectivity index (χ0n) is 11.9. The molecular formula is C15H24O2S. The van der Waals surface area contributed by atoms with Crippen LogP contribution in [0.4, 0.5) is 0 Å². The van der Waals surface area contributed by atoms with Crippen molar-refractivity contribution in [3.8, 4) is 0 Å². The number of rotatable bonds is 2. The summed E-state index contributed by atoms with van der Waals surface area (Å²) in [6.07, 6.45) is 7.22. The van der Waals surface area contributed by atoms with Crippen LogP contribution in [0.1, 0.15) is 47.0 Å². The molecule has 0 aromatic heterocycles. The fourth-order valence-corrected chi connectivity index (χ4v) is 5.31. The molecule has 0 bridgehead atoms. The molecule has 0 N–H and O–H groups in total. The fourth-order valence-electron chi connectivity index (χ4n) is 3.43. The highest BCUT2D eigenvalue weighted by molar-refractivity contribution is 7.92. The van der Waals surface area contributed by atoms with Gasteiger partial charge in [-0.05, 0) is 44.4 Å². The van der Waals surface area contributed by atoms with Gasteiger partial charge in [-0.3, -0.25) is 0 Å². The normalized spacial score (nSPS) is 34.0. The van der Waals surface area contributed by atoms with Gasteiger partial charge in [0, 0.05) is 0 Å². The quantitative estimate of drug-likeness (QED) is 0.718. The molecule has 2 nitrogen and oxygen atoms in total. The van der Waals surface area contributed by atoms with Crippen LogP contribution in [-0.2, 0) is 9.84 Å². The van der Waals surface area contributed by atoms with Gasteiger partial charge in [0.2, 0.25) is 0 Å². The Bertz CT molecular complexity index is 495. The molecule has 0 fully saturated rings. The first kappa shape index (κ1) is 13.9. The highest BCUT2D eigenvalue weighted by Crippen LogP contribution is 2.45. The van der Waals surface area contributed by atoms with E-state index in [1.165, 1.54) is 5.57 Å². The summed E-state index contributed by atoms with van der Waals surface area (Å²) in [4.78, 5) is 0. The van der Waals surface area contributed by atoms with Crippen LogP contribution in [0.25, 0.3) is 0 Å². The van der Waals surface area contributed by atoms with Crippen LogP contribution in [0.5, 0.6) is 0 Å². The first-order valence-electron chi connectivity index (χ1n) is 6.79. The van der Waals surface area contributed by atoms with Crippen LogP contribution in [0.2, 0.25) is 0 Å².